The van der Waals surface area contributed by atoms with Crippen molar-refractivity contribution in [3.8, 4) is 5.69 Å². The van der Waals surface area contributed by atoms with Gasteiger partial charge in [0.25, 0.3) is 0 Å². The van der Waals surface area contributed by atoms with Crippen LogP contribution in [0.4, 0.5) is 28.4 Å². The summed E-state index contributed by atoms with van der Waals surface area (Å²) in [4.78, 5) is 5.30. The van der Waals surface area contributed by atoms with Crippen molar-refractivity contribution in [1.82, 2.24) is 4.57 Å². The van der Waals surface area contributed by atoms with Crippen LogP contribution in [0.3, 0.4) is 0 Å². The highest BCUT2D eigenvalue weighted by atomic mass is 15.3. The quantitative estimate of drug-likeness (QED) is 0.163. The van der Waals surface area contributed by atoms with Gasteiger partial charge in [0, 0.05) is 50.0 Å². The van der Waals surface area contributed by atoms with Crippen LogP contribution in [-0.2, 0) is 27.1 Å². The number of fused-ring (bicyclic) bond motifs is 10. The topological polar surface area (TPSA) is 11.4 Å². The van der Waals surface area contributed by atoms with Gasteiger partial charge in [0.15, 0.2) is 0 Å². The molecule has 7 aromatic carbocycles. The van der Waals surface area contributed by atoms with Crippen LogP contribution in [0.5, 0.6) is 0 Å². The van der Waals surface area contributed by atoms with Crippen LogP contribution < -0.4 is 26.2 Å². The number of rotatable bonds is 4. The van der Waals surface area contributed by atoms with Crippen LogP contribution in [-0.4, -0.2) is 16.8 Å². The molecule has 348 valence electrons. The Kier molecular flexibility index (Phi) is 9.32. The minimum atomic E-state index is -0.264. The molecule has 1 aliphatic carbocycles. The van der Waals surface area contributed by atoms with Crippen molar-refractivity contribution in [2.75, 3.05) is 9.80 Å². The van der Waals surface area contributed by atoms with E-state index in [1.165, 1.54) is 120 Å². The Morgan fingerprint density at radius 1 is 0.522 bits per heavy atom. The standard InChI is InChI=1S/C65H70BN3/c1-60(2,3)41-26-29-46(30-27-41)69-55-40-48-52(39-49(55)64(12)34-20-21-35-65(64,69)13)66-51-31-33-54(67(44-22-16-14-17-23-44)45-24-18-15-19-25-45)57-47-36-42(61(4,5)6)28-32-53(47)68(59(51)57)56-38-43(62(7,8)9)37-50(58(56)66)63(48,10)11/h14-19,22-33,36-40H,20-21,34-35H2,1-13H3. The van der Waals surface area contributed by atoms with Crippen LogP contribution >= 0.6 is 0 Å². The minimum absolute atomic E-state index is 0.0143. The third-order valence-electron chi connectivity index (χ3n) is 17.8. The van der Waals surface area contributed by atoms with Gasteiger partial charge in [0.1, 0.15) is 0 Å². The molecule has 0 saturated heterocycles. The average molecular weight is 904 g/mol. The molecule has 0 radical (unpaired) electrons. The second-order valence-electron chi connectivity index (χ2n) is 25.4. The molecule has 0 amide bonds. The fourth-order valence-corrected chi connectivity index (χ4v) is 13.7. The lowest BCUT2D eigenvalue weighted by Crippen LogP contribution is -2.63. The predicted molar refractivity (Wildman–Crippen MR) is 298 cm³/mol. The summed E-state index contributed by atoms with van der Waals surface area (Å²) in [5.74, 6) is 0. The number of nitrogens with zero attached hydrogens (tertiary/aromatic N) is 3. The highest BCUT2D eigenvalue weighted by molar-refractivity contribution is 6.99. The van der Waals surface area contributed by atoms with Gasteiger partial charge in [-0.05, 0) is 147 Å². The summed E-state index contributed by atoms with van der Waals surface area (Å²) < 4.78 is 2.70. The molecule has 8 aromatic rings. The number of anilines is 5. The summed E-state index contributed by atoms with van der Waals surface area (Å²) in [5.41, 5.74) is 22.8. The molecule has 69 heavy (non-hydrogen) atoms. The zero-order valence-electron chi connectivity index (χ0n) is 43.5. The molecule has 4 heterocycles. The van der Waals surface area contributed by atoms with Gasteiger partial charge < -0.3 is 14.4 Å². The summed E-state index contributed by atoms with van der Waals surface area (Å²) in [7, 11) is 0. The maximum Gasteiger partial charge on any atom is 0.247 e. The van der Waals surface area contributed by atoms with Crippen LogP contribution in [0.15, 0.2) is 140 Å². The summed E-state index contributed by atoms with van der Waals surface area (Å²) >= 11 is 0. The van der Waals surface area contributed by atoms with E-state index in [0.717, 1.165) is 11.4 Å². The molecule has 4 aliphatic rings. The van der Waals surface area contributed by atoms with E-state index in [2.05, 4.69) is 244 Å². The van der Waals surface area contributed by atoms with Crippen molar-refractivity contribution in [3.63, 3.8) is 0 Å². The second-order valence-corrected chi connectivity index (χ2v) is 25.4. The first kappa shape index (κ1) is 44.2. The number of aromatic nitrogens is 1. The molecule has 3 aliphatic heterocycles. The monoisotopic (exact) mass is 904 g/mol. The molecule has 1 saturated carbocycles. The summed E-state index contributed by atoms with van der Waals surface area (Å²) in [6.45, 7) is 31.5. The lowest BCUT2D eigenvalue weighted by Gasteiger charge is -2.50. The van der Waals surface area contributed by atoms with Gasteiger partial charge >= 0.3 is 0 Å². The Morgan fingerprint density at radius 2 is 1.13 bits per heavy atom. The maximum absolute atomic E-state index is 2.80. The molecular formula is C65H70BN3. The Balaban J connectivity index is 1.20. The van der Waals surface area contributed by atoms with Crippen molar-refractivity contribution >= 4 is 73.3 Å². The largest absolute Gasteiger partial charge is 0.334 e. The van der Waals surface area contributed by atoms with Gasteiger partial charge in [-0.2, -0.15) is 0 Å². The van der Waals surface area contributed by atoms with E-state index in [9.17, 15) is 0 Å². The van der Waals surface area contributed by atoms with Crippen LogP contribution in [0, 0.1) is 0 Å². The maximum atomic E-state index is 2.80. The van der Waals surface area contributed by atoms with Crippen molar-refractivity contribution in [3.05, 3.63) is 173 Å². The van der Waals surface area contributed by atoms with E-state index in [4.69, 9.17) is 0 Å². The van der Waals surface area contributed by atoms with Gasteiger partial charge in [-0.1, -0.05) is 174 Å². The van der Waals surface area contributed by atoms with Crippen molar-refractivity contribution in [1.29, 1.82) is 0 Å². The number of para-hydroxylation sites is 2. The zero-order chi connectivity index (χ0) is 48.4. The van der Waals surface area contributed by atoms with E-state index in [1.54, 1.807) is 0 Å². The molecule has 2 atom stereocenters. The molecule has 0 N–H and O–H groups in total. The Hall–Kier alpha value is -6.00. The molecule has 12 rings (SSSR count). The van der Waals surface area contributed by atoms with Crippen LogP contribution in [0.1, 0.15) is 149 Å². The fraction of sp³-hybridized carbons (Fsp3) is 0.354. The van der Waals surface area contributed by atoms with Crippen molar-refractivity contribution in [2.45, 2.75) is 148 Å². The van der Waals surface area contributed by atoms with Crippen molar-refractivity contribution < 1.29 is 0 Å². The Bertz CT molecular complexity index is 3350. The average Bonchev–Trinajstić information content (AvgIpc) is 3.75. The Morgan fingerprint density at radius 3 is 1.75 bits per heavy atom. The lowest BCUT2D eigenvalue weighted by molar-refractivity contribution is 0.195. The van der Waals surface area contributed by atoms with Gasteiger partial charge in [0.2, 0.25) is 6.71 Å². The SMILES string of the molecule is CC(C)(C)c1ccc(N2c3cc4c(cc3C3(C)CCCCC23C)B2c3c(cc(C(C)(C)C)cc3C4(C)C)-n3c4ccc(C(C)(C)C)cc4c4c(N(c5ccccc5)c5ccccc5)ccc2c43)cc1. The van der Waals surface area contributed by atoms with Crippen LogP contribution in [0.25, 0.3) is 27.5 Å². The number of benzene rings is 7. The molecule has 4 heteroatoms. The lowest BCUT2D eigenvalue weighted by atomic mass is 9.30. The first-order chi connectivity index (χ1) is 32.6. The molecular weight excluding hydrogens is 834 g/mol. The molecule has 1 aromatic heterocycles. The van der Waals surface area contributed by atoms with Gasteiger partial charge in [-0.25, -0.2) is 0 Å². The predicted octanol–water partition coefficient (Wildman–Crippen LogP) is 15.4. The van der Waals surface area contributed by atoms with E-state index in [1.807, 2.05) is 0 Å². The normalized spacial score (nSPS) is 20.2. The molecule has 0 spiro atoms. The minimum Gasteiger partial charge on any atom is -0.334 e. The van der Waals surface area contributed by atoms with Gasteiger partial charge in [0.05, 0.1) is 22.3 Å². The first-order valence-electron chi connectivity index (χ1n) is 25.9. The summed E-state index contributed by atoms with van der Waals surface area (Å²) in [6, 6.07) is 54.6. The van der Waals surface area contributed by atoms with E-state index in [0.29, 0.717) is 0 Å². The smallest absolute Gasteiger partial charge is 0.247 e. The number of hydrogen-bond acceptors (Lipinski definition) is 2. The third kappa shape index (κ3) is 6.18. The molecule has 2 unspecified atom stereocenters. The Labute approximate surface area is 412 Å². The number of hydrogen-bond donors (Lipinski definition) is 0. The second kappa shape index (κ2) is 14.5. The molecule has 0 bridgehead atoms. The van der Waals surface area contributed by atoms with Crippen LogP contribution in [0.2, 0.25) is 0 Å². The highest BCUT2D eigenvalue weighted by Crippen LogP contribution is 2.61. The van der Waals surface area contributed by atoms with Gasteiger partial charge in [-0.15, -0.1) is 0 Å². The van der Waals surface area contributed by atoms with E-state index in [-0.39, 0.29) is 39.3 Å². The molecule has 1 fully saturated rings. The summed E-state index contributed by atoms with van der Waals surface area (Å²) in [5, 5.41) is 2.63. The summed E-state index contributed by atoms with van der Waals surface area (Å²) in [6.07, 6.45) is 4.88. The van der Waals surface area contributed by atoms with Gasteiger partial charge in [-0.3, -0.25) is 0 Å². The van der Waals surface area contributed by atoms with E-state index >= 15 is 0 Å². The first-order valence-corrected chi connectivity index (χ1v) is 25.9. The third-order valence-corrected chi connectivity index (χ3v) is 17.8. The fourth-order valence-electron chi connectivity index (χ4n) is 13.7. The van der Waals surface area contributed by atoms with Crippen molar-refractivity contribution in [2.24, 2.45) is 0 Å². The molecule has 3 nitrogen and oxygen atoms in total. The highest BCUT2D eigenvalue weighted by Gasteiger charge is 2.59. The zero-order valence-corrected chi connectivity index (χ0v) is 43.5. The van der Waals surface area contributed by atoms with E-state index < -0.39 is 0 Å².